The van der Waals surface area contributed by atoms with Crippen LogP contribution in [0.2, 0.25) is 0 Å². The Kier molecular flexibility index (Phi) is 8.44. The summed E-state index contributed by atoms with van der Waals surface area (Å²) in [4.78, 5) is 2.33. The van der Waals surface area contributed by atoms with E-state index in [0.29, 0.717) is 0 Å². The zero-order valence-electron chi connectivity index (χ0n) is 30.9. The highest BCUT2D eigenvalue weighted by molar-refractivity contribution is 6.16. The molecule has 0 saturated heterocycles. The van der Waals surface area contributed by atoms with E-state index in [1.54, 1.807) is 0 Å². The molecule has 0 aliphatic carbocycles. The van der Waals surface area contributed by atoms with Gasteiger partial charge in [0, 0.05) is 33.4 Å². The average molecular weight is 695 g/mol. The lowest BCUT2D eigenvalue weighted by atomic mass is 9.86. The highest BCUT2D eigenvalue weighted by Crippen LogP contribution is 2.42. The summed E-state index contributed by atoms with van der Waals surface area (Å²) in [5.74, 6) is 0. The summed E-state index contributed by atoms with van der Waals surface area (Å²) in [7, 11) is 0. The number of anilines is 3. The molecule has 0 spiro atoms. The second kappa shape index (κ2) is 13.7. The van der Waals surface area contributed by atoms with Crippen LogP contribution in [0, 0.1) is 0 Å². The lowest BCUT2D eigenvalue weighted by Crippen LogP contribution is -2.10. The fraction of sp³-hybridized carbons (Fsp3) is 0.0769. The molecule has 260 valence electrons. The van der Waals surface area contributed by atoms with Crippen molar-refractivity contribution in [2.24, 2.45) is 0 Å². The number of nitrogens with zero attached hydrogens (tertiary/aromatic N) is 2. The Bertz CT molecular complexity index is 2700. The monoisotopic (exact) mass is 694 g/mol. The Labute approximate surface area is 318 Å². The second-order valence-corrected chi connectivity index (χ2v) is 15.0. The molecule has 0 aliphatic heterocycles. The minimum atomic E-state index is 0.108. The van der Waals surface area contributed by atoms with Crippen LogP contribution in [-0.2, 0) is 5.41 Å². The lowest BCUT2D eigenvalue weighted by molar-refractivity contribution is 0.590. The molecule has 2 heteroatoms. The van der Waals surface area contributed by atoms with E-state index in [9.17, 15) is 0 Å². The van der Waals surface area contributed by atoms with Crippen molar-refractivity contribution in [2.45, 2.75) is 26.2 Å². The standard InChI is InChI=1S/C52H42N2/c1-52(2,3)41-31-25-40(26-32-41)46-21-14-24-50-51(46)47-20-11-13-23-49(47)54(50)48-22-12-10-19-45(48)39-29-35-44(36-30-39)53(42-17-8-5-9-18-42)43-33-27-38(28-34-43)37-15-6-4-7-16-37/h4-36H,1-3H3. The number of rotatable bonds is 7. The summed E-state index contributed by atoms with van der Waals surface area (Å²) >= 11 is 0. The van der Waals surface area contributed by atoms with Crippen molar-refractivity contribution in [3.8, 4) is 39.1 Å². The van der Waals surface area contributed by atoms with Gasteiger partial charge >= 0.3 is 0 Å². The Balaban J connectivity index is 1.13. The zero-order valence-corrected chi connectivity index (χ0v) is 30.9. The van der Waals surface area contributed by atoms with E-state index in [4.69, 9.17) is 0 Å². The van der Waals surface area contributed by atoms with Gasteiger partial charge in [0.25, 0.3) is 0 Å². The topological polar surface area (TPSA) is 8.17 Å². The van der Waals surface area contributed by atoms with Crippen molar-refractivity contribution in [1.29, 1.82) is 0 Å². The fourth-order valence-corrected chi connectivity index (χ4v) is 7.83. The van der Waals surface area contributed by atoms with E-state index in [1.165, 1.54) is 60.8 Å². The minimum absolute atomic E-state index is 0.108. The normalized spacial score (nSPS) is 11.6. The van der Waals surface area contributed by atoms with Crippen LogP contribution in [0.5, 0.6) is 0 Å². The van der Waals surface area contributed by atoms with Gasteiger partial charge in [-0.3, -0.25) is 0 Å². The molecule has 0 saturated carbocycles. The molecule has 0 N–H and O–H groups in total. The van der Waals surface area contributed by atoms with Gasteiger partial charge in [-0.05, 0) is 93.4 Å². The fourth-order valence-electron chi connectivity index (χ4n) is 7.83. The number of aromatic nitrogens is 1. The first-order valence-electron chi connectivity index (χ1n) is 18.8. The van der Waals surface area contributed by atoms with E-state index in [0.717, 1.165) is 22.7 Å². The highest BCUT2D eigenvalue weighted by atomic mass is 15.1. The van der Waals surface area contributed by atoms with Crippen molar-refractivity contribution in [1.82, 2.24) is 4.57 Å². The molecule has 0 radical (unpaired) electrons. The second-order valence-electron chi connectivity index (χ2n) is 15.0. The Morgan fingerprint density at radius 2 is 0.852 bits per heavy atom. The van der Waals surface area contributed by atoms with E-state index < -0.39 is 0 Å². The van der Waals surface area contributed by atoms with Gasteiger partial charge in [-0.1, -0.05) is 166 Å². The average Bonchev–Trinajstić information content (AvgIpc) is 3.56. The van der Waals surface area contributed by atoms with Gasteiger partial charge in [-0.2, -0.15) is 0 Å². The number of hydrogen-bond donors (Lipinski definition) is 0. The summed E-state index contributed by atoms with van der Waals surface area (Å²) in [6.45, 7) is 6.81. The smallest absolute Gasteiger partial charge is 0.0547 e. The molecule has 1 aromatic heterocycles. The summed E-state index contributed by atoms with van der Waals surface area (Å²) in [6, 6.07) is 72.5. The molecule has 54 heavy (non-hydrogen) atoms. The third-order valence-corrected chi connectivity index (χ3v) is 10.6. The molecule has 8 aromatic carbocycles. The predicted molar refractivity (Wildman–Crippen MR) is 230 cm³/mol. The van der Waals surface area contributed by atoms with Gasteiger partial charge in [-0.15, -0.1) is 0 Å². The van der Waals surface area contributed by atoms with Crippen molar-refractivity contribution in [2.75, 3.05) is 4.90 Å². The van der Waals surface area contributed by atoms with Gasteiger partial charge in [0.1, 0.15) is 0 Å². The van der Waals surface area contributed by atoms with E-state index >= 15 is 0 Å². The molecule has 9 aromatic rings. The van der Waals surface area contributed by atoms with Gasteiger partial charge in [0.15, 0.2) is 0 Å². The first-order valence-corrected chi connectivity index (χ1v) is 18.8. The van der Waals surface area contributed by atoms with Gasteiger partial charge in [-0.25, -0.2) is 0 Å². The first-order chi connectivity index (χ1) is 26.4. The van der Waals surface area contributed by atoms with Crippen molar-refractivity contribution >= 4 is 38.9 Å². The van der Waals surface area contributed by atoms with Crippen molar-refractivity contribution < 1.29 is 0 Å². The van der Waals surface area contributed by atoms with E-state index in [2.05, 4.69) is 230 Å². The highest BCUT2D eigenvalue weighted by Gasteiger charge is 2.20. The molecule has 0 amide bonds. The van der Waals surface area contributed by atoms with E-state index in [1.807, 2.05) is 0 Å². The number of para-hydroxylation sites is 3. The minimum Gasteiger partial charge on any atom is -0.311 e. The maximum absolute atomic E-state index is 2.45. The number of benzene rings is 8. The summed E-state index contributed by atoms with van der Waals surface area (Å²) < 4.78 is 2.45. The summed E-state index contributed by atoms with van der Waals surface area (Å²) in [6.07, 6.45) is 0. The first kappa shape index (κ1) is 33.2. The molecule has 0 atom stereocenters. The van der Waals surface area contributed by atoms with Crippen LogP contribution >= 0.6 is 0 Å². The SMILES string of the molecule is CC(C)(C)c1ccc(-c2cccc3c2c2ccccc2n3-c2ccccc2-c2ccc(N(c3ccccc3)c3ccc(-c4ccccc4)cc3)cc2)cc1. The molecule has 1 heterocycles. The van der Waals surface area contributed by atoms with Crippen LogP contribution in [-0.4, -0.2) is 4.57 Å². The Morgan fingerprint density at radius 3 is 1.54 bits per heavy atom. The molecule has 0 aliphatic rings. The number of hydrogen-bond acceptors (Lipinski definition) is 1. The maximum atomic E-state index is 2.45. The van der Waals surface area contributed by atoms with Crippen LogP contribution < -0.4 is 4.90 Å². The Morgan fingerprint density at radius 1 is 0.370 bits per heavy atom. The molecule has 0 bridgehead atoms. The van der Waals surface area contributed by atoms with Gasteiger partial charge < -0.3 is 9.47 Å². The molecular formula is C52H42N2. The van der Waals surface area contributed by atoms with E-state index in [-0.39, 0.29) is 5.41 Å². The van der Waals surface area contributed by atoms with Crippen LogP contribution in [0.1, 0.15) is 26.3 Å². The quantitative estimate of drug-likeness (QED) is 0.161. The van der Waals surface area contributed by atoms with Crippen LogP contribution in [0.4, 0.5) is 17.1 Å². The molecule has 0 unspecified atom stereocenters. The zero-order chi connectivity index (χ0) is 36.6. The van der Waals surface area contributed by atoms with Crippen LogP contribution in [0.15, 0.2) is 200 Å². The Hall–Kier alpha value is -6.64. The predicted octanol–water partition coefficient (Wildman–Crippen LogP) is 14.6. The molecule has 0 fully saturated rings. The molecular weight excluding hydrogens is 653 g/mol. The third kappa shape index (κ3) is 6.06. The summed E-state index contributed by atoms with van der Waals surface area (Å²) in [5, 5.41) is 2.53. The summed E-state index contributed by atoms with van der Waals surface area (Å²) in [5.41, 5.74) is 15.6. The largest absolute Gasteiger partial charge is 0.311 e. The van der Waals surface area contributed by atoms with Gasteiger partial charge in [0.2, 0.25) is 0 Å². The molecule has 2 nitrogen and oxygen atoms in total. The van der Waals surface area contributed by atoms with Crippen molar-refractivity contribution in [3.05, 3.63) is 206 Å². The third-order valence-electron chi connectivity index (χ3n) is 10.6. The van der Waals surface area contributed by atoms with Gasteiger partial charge in [0.05, 0.1) is 16.7 Å². The lowest BCUT2D eigenvalue weighted by Gasteiger charge is -2.26. The number of fused-ring (bicyclic) bond motifs is 3. The van der Waals surface area contributed by atoms with Crippen molar-refractivity contribution in [3.63, 3.8) is 0 Å². The van der Waals surface area contributed by atoms with Crippen LogP contribution in [0.3, 0.4) is 0 Å². The maximum Gasteiger partial charge on any atom is 0.0547 e. The van der Waals surface area contributed by atoms with Crippen LogP contribution in [0.25, 0.3) is 60.9 Å². The molecule has 9 rings (SSSR count).